The van der Waals surface area contributed by atoms with Crippen LogP contribution in [0.1, 0.15) is 26.2 Å². The van der Waals surface area contributed by atoms with Crippen molar-refractivity contribution in [1.29, 1.82) is 0 Å². The number of halogens is 1. The number of nitrogens with one attached hydrogen (secondary N) is 2. The maximum absolute atomic E-state index is 13.3. The molecule has 0 aliphatic carbocycles. The Hall–Kier alpha value is -4.05. The Balaban J connectivity index is 1.17. The summed E-state index contributed by atoms with van der Waals surface area (Å²) >= 11 is 0. The molecule has 0 spiro atoms. The summed E-state index contributed by atoms with van der Waals surface area (Å²) < 4.78 is 20.8. The van der Waals surface area contributed by atoms with Crippen molar-refractivity contribution in [2.45, 2.75) is 38.8 Å². The molecular formula is C27H30FN7O2. The van der Waals surface area contributed by atoms with Gasteiger partial charge in [0.05, 0.1) is 24.0 Å². The van der Waals surface area contributed by atoms with Crippen molar-refractivity contribution in [3.8, 4) is 5.75 Å². The molecule has 0 unspecified atom stereocenters. The lowest BCUT2D eigenvalue weighted by molar-refractivity contribution is -0.116. The van der Waals surface area contributed by atoms with Gasteiger partial charge in [0, 0.05) is 35.9 Å². The third-order valence-electron chi connectivity index (χ3n) is 6.47. The molecule has 1 saturated heterocycles. The number of aromatic nitrogens is 4. The predicted octanol–water partition coefficient (Wildman–Crippen LogP) is 4.60. The average Bonchev–Trinajstić information content (AvgIpc) is 3.50. The third kappa shape index (κ3) is 6.39. The molecule has 10 heteroatoms. The number of rotatable bonds is 10. The second kappa shape index (κ2) is 11.3. The SMILES string of the molecule is C[C@@H]1CCCN1CCCOc1ccc2c(Nc3cnn(CC(=O)Nc4cccc(F)c4)c3)ncnc2c1. The van der Waals surface area contributed by atoms with E-state index in [1.54, 1.807) is 18.5 Å². The Morgan fingerprint density at radius 3 is 2.95 bits per heavy atom. The van der Waals surface area contributed by atoms with E-state index < -0.39 is 5.82 Å². The summed E-state index contributed by atoms with van der Waals surface area (Å²) in [6.45, 7) is 5.19. The molecule has 9 nitrogen and oxygen atoms in total. The largest absolute Gasteiger partial charge is 0.493 e. The monoisotopic (exact) mass is 503 g/mol. The predicted molar refractivity (Wildman–Crippen MR) is 140 cm³/mol. The van der Waals surface area contributed by atoms with Crippen LogP contribution in [0.3, 0.4) is 0 Å². The van der Waals surface area contributed by atoms with Crippen molar-refractivity contribution >= 4 is 34.0 Å². The van der Waals surface area contributed by atoms with Crippen LogP contribution in [-0.4, -0.2) is 56.3 Å². The number of carbonyl (C=O) groups is 1. The molecule has 4 aromatic rings. The zero-order valence-electron chi connectivity index (χ0n) is 20.7. The Labute approximate surface area is 214 Å². The van der Waals surface area contributed by atoms with Gasteiger partial charge in [-0.15, -0.1) is 0 Å². The zero-order chi connectivity index (χ0) is 25.6. The van der Waals surface area contributed by atoms with Gasteiger partial charge in [-0.25, -0.2) is 14.4 Å². The summed E-state index contributed by atoms with van der Waals surface area (Å²) in [6.07, 6.45) is 8.38. The summed E-state index contributed by atoms with van der Waals surface area (Å²) in [5, 5.41) is 11.0. The Morgan fingerprint density at radius 2 is 2.11 bits per heavy atom. The van der Waals surface area contributed by atoms with Crippen LogP contribution < -0.4 is 15.4 Å². The van der Waals surface area contributed by atoms with Crippen molar-refractivity contribution in [3.05, 3.63) is 67.0 Å². The number of hydrogen-bond donors (Lipinski definition) is 2. The standard InChI is InChI=1S/C27H30FN7O2/c1-19-5-3-10-34(19)11-4-12-37-23-8-9-24-25(14-23)29-18-30-27(24)33-22-15-31-35(16-22)17-26(36)32-21-7-2-6-20(28)13-21/h2,6-9,13-16,18-19H,3-5,10-12,17H2,1H3,(H,32,36)(H,29,30,33)/t19-/m1/s1. The van der Waals surface area contributed by atoms with Gasteiger partial charge in [0.1, 0.15) is 30.3 Å². The quantitative estimate of drug-likeness (QED) is 0.305. The van der Waals surface area contributed by atoms with Gasteiger partial charge in [0.25, 0.3) is 0 Å². The number of likely N-dealkylation sites (tertiary alicyclic amines) is 1. The highest BCUT2D eigenvalue weighted by Crippen LogP contribution is 2.26. The number of amides is 1. The van der Waals surface area contributed by atoms with E-state index in [1.807, 2.05) is 18.2 Å². The van der Waals surface area contributed by atoms with E-state index in [4.69, 9.17) is 4.74 Å². The van der Waals surface area contributed by atoms with Crippen LogP contribution >= 0.6 is 0 Å². The first-order valence-electron chi connectivity index (χ1n) is 12.5. The average molecular weight is 504 g/mol. The second-order valence-corrected chi connectivity index (χ2v) is 9.24. The second-order valence-electron chi connectivity index (χ2n) is 9.24. The molecule has 1 fully saturated rings. The van der Waals surface area contributed by atoms with E-state index in [0.29, 0.717) is 29.8 Å². The molecule has 2 aromatic heterocycles. The first-order chi connectivity index (χ1) is 18.0. The first-order valence-corrected chi connectivity index (χ1v) is 12.5. The van der Waals surface area contributed by atoms with Crippen molar-refractivity contribution in [2.75, 3.05) is 30.3 Å². The normalized spacial score (nSPS) is 15.7. The summed E-state index contributed by atoms with van der Waals surface area (Å²) in [5.41, 5.74) is 1.84. The van der Waals surface area contributed by atoms with Gasteiger partial charge in [0.15, 0.2) is 0 Å². The van der Waals surface area contributed by atoms with Crippen molar-refractivity contribution in [1.82, 2.24) is 24.6 Å². The number of fused-ring (bicyclic) bond motifs is 1. The molecule has 0 saturated carbocycles. The van der Waals surface area contributed by atoms with Crippen LogP contribution in [0.25, 0.3) is 10.9 Å². The van der Waals surface area contributed by atoms with Crippen LogP contribution in [0.4, 0.5) is 21.6 Å². The molecule has 2 aromatic carbocycles. The highest BCUT2D eigenvalue weighted by Gasteiger charge is 2.19. The number of nitrogens with zero attached hydrogens (tertiary/aromatic N) is 5. The van der Waals surface area contributed by atoms with Crippen LogP contribution in [0, 0.1) is 5.82 Å². The summed E-state index contributed by atoms with van der Waals surface area (Å²) in [5.74, 6) is 0.689. The maximum Gasteiger partial charge on any atom is 0.246 e. The van der Waals surface area contributed by atoms with E-state index in [0.717, 1.165) is 29.6 Å². The molecule has 2 N–H and O–H groups in total. The van der Waals surface area contributed by atoms with Crippen molar-refractivity contribution in [3.63, 3.8) is 0 Å². The smallest absolute Gasteiger partial charge is 0.246 e. The fraction of sp³-hybridized carbons (Fsp3) is 0.333. The molecule has 1 aliphatic heterocycles. The van der Waals surface area contributed by atoms with E-state index in [9.17, 15) is 9.18 Å². The number of benzene rings is 2. The van der Waals surface area contributed by atoms with Crippen LogP contribution in [0.15, 0.2) is 61.2 Å². The number of hydrogen-bond acceptors (Lipinski definition) is 7. The van der Waals surface area contributed by atoms with Crippen LogP contribution in [-0.2, 0) is 11.3 Å². The minimum absolute atomic E-state index is 0.0138. The first kappa shape index (κ1) is 24.6. The minimum Gasteiger partial charge on any atom is -0.493 e. The molecule has 0 bridgehead atoms. The Morgan fingerprint density at radius 1 is 1.19 bits per heavy atom. The van der Waals surface area contributed by atoms with Gasteiger partial charge >= 0.3 is 0 Å². The molecule has 3 heterocycles. The van der Waals surface area contributed by atoms with E-state index in [1.165, 1.54) is 48.6 Å². The van der Waals surface area contributed by atoms with Crippen LogP contribution in [0.2, 0.25) is 0 Å². The van der Waals surface area contributed by atoms with Gasteiger partial charge in [-0.3, -0.25) is 9.48 Å². The Bertz CT molecular complexity index is 1380. The summed E-state index contributed by atoms with van der Waals surface area (Å²) in [7, 11) is 0. The van der Waals surface area contributed by atoms with Crippen molar-refractivity contribution in [2.24, 2.45) is 0 Å². The molecule has 192 valence electrons. The summed E-state index contributed by atoms with van der Waals surface area (Å²) in [6, 6.07) is 12.2. The van der Waals surface area contributed by atoms with Gasteiger partial charge in [-0.05, 0) is 63.1 Å². The lowest BCUT2D eigenvalue weighted by atomic mass is 10.2. The molecule has 1 aliphatic rings. The molecule has 1 amide bonds. The lowest BCUT2D eigenvalue weighted by Gasteiger charge is -2.20. The van der Waals surface area contributed by atoms with E-state index in [-0.39, 0.29) is 12.5 Å². The molecular weight excluding hydrogens is 473 g/mol. The number of ether oxygens (including phenoxy) is 1. The fourth-order valence-corrected chi connectivity index (χ4v) is 4.57. The highest BCUT2D eigenvalue weighted by molar-refractivity contribution is 5.92. The highest BCUT2D eigenvalue weighted by atomic mass is 19.1. The number of carbonyl (C=O) groups excluding carboxylic acids is 1. The zero-order valence-corrected chi connectivity index (χ0v) is 20.7. The molecule has 5 rings (SSSR count). The van der Waals surface area contributed by atoms with Crippen LogP contribution in [0.5, 0.6) is 5.75 Å². The molecule has 0 radical (unpaired) electrons. The fourth-order valence-electron chi connectivity index (χ4n) is 4.57. The lowest BCUT2D eigenvalue weighted by Crippen LogP contribution is -2.28. The number of anilines is 3. The molecule has 1 atom stereocenters. The van der Waals surface area contributed by atoms with Gasteiger partial charge in [-0.1, -0.05) is 6.07 Å². The van der Waals surface area contributed by atoms with Gasteiger partial charge in [-0.2, -0.15) is 5.10 Å². The summed E-state index contributed by atoms with van der Waals surface area (Å²) in [4.78, 5) is 23.6. The topological polar surface area (TPSA) is 97.2 Å². The van der Waals surface area contributed by atoms with Gasteiger partial charge < -0.3 is 20.3 Å². The third-order valence-corrected chi connectivity index (χ3v) is 6.47. The molecule has 37 heavy (non-hydrogen) atoms. The maximum atomic E-state index is 13.3. The van der Waals surface area contributed by atoms with Gasteiger partial charge in [0.2, 0.25) is 5.91 Å². The van der Waals surface area contributed by atoms with E-state index >= 15 is 0 Å². The Kier molecular flexibility index (Phi) is 7.55. The van der Waals surface area contributed by atoms with Crippen molar-refractivity contribution < 1.29 is 13.9 Å². The van der Waals surface area contributed by atoms with E-state index in [2.05, 4.69) is 37.5 Å². The minimum atomic E-state index is -0.411.